The van der Waals surface area contributed by atoms with Gasteiger partial charge in [0.1, 0.15) is 5.82 Å². The largest absolute Gasteiger partial charge is 0.376 e. The fourth-order valence-electron chi connectivity index (χ4n) is 1.99. The Bertz CT molecular complexity index is 632. The quantitative estimate of drug-likeness (QED) is 0.817. The minimum atomic E-state index is -0.115. The number of aromatic nitrogens is 3. The number of rotatable bonds is 1. The molecule has 0 unspecified atom stereocenters. The van der Waals surface area contributed by atoms with E-state index in [0.717, 1.165) is 17.0 Å². The Balaban J connectivity index is 2.11. The summed E-state index contributed by atoms with van der Waals surface area (Å²) >= 11 is 0. The summed E-state index contributed by atoms with van der Waals surface area (Å²) in [5.41, 5.74) is 3.13. The second-order valence-corrected chi connectivity index (χ2v) is 4.33. The molecule has 0 aromatic carbocycles. The van der Waals surface area contributed by atoms with Gasteiger partial charge in [-0.25, -0.2) is 4.98 Å². The first-order valence-corrected chi connectivity index (χ1v) is 5.87. The highest BCUT2D eigenvalue weighted by Gasteiger charge is 2.16. The third kappa shape index (κ3) is 1.93. The van der Waals surface area contributed by atoms with Crippen LogP contribution in [0, 0.1) is 6.92 Å². The van der Waals surface area contributed by atoms with Crippen LogP contribution in [-0.2, 0) is 17.8 Å². The summed E-state index contributed by atoms with van der Waals surface area (Å²) in [5, 5.41) is 0. The SMILES string of the molecule is Cc1ccc(-c2nc3c(c(=O)[nH]2)COCC3)cn1. The number of aryl methyl sites for hydroxylation is 1. The lowest BCUT2D eigenvalue weighted by Crippen LogP contribution is -2.24. The lowest BCUT2D eigenvalue weighted by Gasteiger charge is -2.15. The molecule has 3 heterocycles. The molecule has 0 amide bonds. The number of nitrogens with zero attached hydrogens (tertiary/aromatic N) is 2. The van der Waals surface area contributed by atoms with Crippen LogP contribution < -0.4 is 5.56 Å². The van der Waals surface area contributed by atoms with Gasteiger partial charge in [0.15, 0.2) is 0 Å². The fourth-order valence-corrected chi connectivity index (χ4v) is 1.99. The van der Waals surface area contributed by atoms with Crippen LogP contribution in [0.15, 0.2) is 23.1 Å². The maximum absolute atomic E-state index is 11.9. The first-order chi connectivity index (χ1) is 8.74. The van der Waals surface area contributed by atoms with Crippen LogP contribution in [0.2, 0.25) is 0 Å². The van der Waals surface area contributed by atoms with Crippen molar-refractivity contribution < 1.29 is 4.74 Å². The number of fused-ring (bicyclic) bond motifs is 1. The van der Waals surface area contributed by atoms with Crippen LogP contribution in [0.1, 0.15) is 17.0 Å². The minimum absolute atomic E-state index is 0.115. The molecule has 1 aliphatic heterocycles. The summed E-state index contributed by atoms with van der Waals surface area (Å²) in [6, 6.07) is 3.81. The summed E-state index contributed by atoms with van der Waals surface area (Å²) < 4.78 is 5.27. The van der Waals surface area contributed by atoms with Gasteiger partial charge in [-0.05, 0) is 19.1 Å². The van der Waals surface area contributed by atoms with E-state index >= 15 is 0 Å². The lowest BCUT2D eigenvalue weighted by atomic mass is 10.1. The highest BCUT2D eigenvalue weighted by Crippen LogP contribution is 2.16. The van der Waals surface area contributed by atoms with Gasteiger partial charge in [0.25, 0.3) is 5.56 Å². The van der Waals surface area contributed by atoms with E-state index in [-0.39, 0.29) is 5.56 Å². The molecule has 0 bridgehead atoms. The summed E-state index contributed by atoms with van der Waals surface area (Å²) in [7, 11) is 0. The van der Waals surface area contributed by atoms with E-state index in [1.807, 2.05) is 19.1 Å². The summed E-state index contributed by atoms with van der Waals surface area (Å²) in [6.45, 7) is 2.89. The number of pyridine rings is 1. The molecule has 0 aliphatic carbocycles. The molecule has 0 radical (unpaired) electrons. The van der Waals surface area contributed by atoms with Crippen LogP contribution in [0.25, 0.3) is 11.4 Å². The first-order valence-electron chi connectivity index (χ1n) is 5.87. The van der Waals surface area contributed by atoms with Crippen molar-refractivity contribution in [3.8, 4) is 11.4 Å². The molecule has 0 spiro atoms. The van der Waals surface area contributed by atoms with E-state index in [1.54, 1.807) is 6.20 Å². The average molecular weight is 243 g/mol. The van der Waals surface area contributed by atoms with E-state index in [2.05, 4.69) is 15.0 Å². The van der Waals surface area contributed by atoms with Crippen LogP contribution >= 0.6 is 0 Å². The number of hydrogen-bond donors (Lipinski definition) is 1. The predicted octanol–water partition coefficient (Wildman–Crippen LogP) is 1.21. The molecule has 2 aromatic heterocycles. The first kappa shape index (κ1) is 11.1. The van der Waals surface area contributed by atoms with Crippen molar-refractivity contribution in [3.63, 3.8) is 0 Å². The standard InChI is InChI=1S/C13H13N3O2/c1-8-2-3-9(6-14-8)12-15-11-4-5-18-7-10(11)13(17)16-12/h2-3,6H,4-5,7H2,1H3,(H,15,16,17). The molecule has 1 N–H and O–H groups in total. The van der Waals surface area contributed by atoms with Crippen molar-refractivity contribution in [1.82, 2.24) is 15.0 Å². The van der Waals surface area contributed by atoms with Gasteiger partial charge in [-0.1, -0.05) is 0 Å². The molecule has 0 saturated carbocycles. The Labute approximate surface area is 104 Å². The summed E-state index contributed by atoms with van der Waals surface area (Å²) in [4.78, 5) is 23.4. The van der Waals surface area contributed by atoms with Gasteiger partial charge >= 0.3 is 0 Å². The van der Waals surface area contributed by atoms with Gasteiger partial charge < -0.3 is 9.72 Å². The topological polar surface area (TPSA) is 67.9 Å². The second-order valence-electron chi connectivity index (χ2n) is 4.33. The molecular formula is C13H13N3O2. The molecule has 18 heavy (non-hydrogen) atoms. The number of ether oxygens (including phenoxy) is 1. The third-order valence-electron chi connectivity index (χ3n) is 3.02. The molecule has 0 fully saturated rings. The molecule has 5 nitrogen and oxygen atoms in total. The van der Waals surface area contributed by atoms with Crippen molar-refractivity contribution in [1.29, 1.82) is 0 Å². The van der Waals surface area contributed by atoms with Crippen molar-refractivity contribution >= 4 is 0 Å². The van der Waals surface area contributed by atoms with Gasteiger partial charge in [-0.3, -0.25) is 9.78 Å². The van der Waals surface area contributed by atoms with Crippen LogP contribution in [0.4, 0.5) is 0 Å². The highest BCUT2D eigenvalue weighted by atomic mass is 16.5. The Morgan fingerprint density at radius 2 is 2.28 bits per heavy atom. The zero-order valence-electron chi connectivity index (χ0n) is 10.1. The summed E-state index contributed by atoms with van der Waals surface area (Å²) in [6.07, 6.45) is 2.41. The Kier molecular flexibility index (Phi) is 2.68. The molecule has 0 saturated heterocycles. The zero-order valence-corrected chi connectivity index (χ0v) is 10.1. The number of nitrogens with one attached hydrogen (secondary N) is 1. The van der Waals surface area contributed by atoms with E-state index in [4.69, 9.17) is 4.74 Å². The Morgan fingerprint density at radius 1 is 1.39 bits per heavy atom. The van der Waals surface area contributed by atoms with Gasteiger partial charge in [0.05, 0.1) is 24.5 Å². The average Bonchev–Trinajstić information content (AvgIpc) is 2.39. The Hall–Kier alpha value is -2.01. The summed E-state index contributed by atoms with van der Waals surface area (Å²) in [5.74, 6) is 0.577. The van der Waals surface area contributed by atoms with E-state index in [0.29, 0.717) is 31.0 Å². The van der Waals surface area contributed by atoms with Crippen molar-refractivity contribution in [2.24, 2.45) is 0 Å². The third-order valence-corrected chi connectivity index (χ3v) is 3.02. The molecule has 3 rings (SSSR count). The second kappa shape index (κ2) is 4.34. The monoisotopic (exact) mass is 243 g/mol. The maximum atomic E-state index is 11.9. The van der Waals surface area contributed by atoms with Gasteiger partial charge in [-0.15, -0.1) is 0 Å². The van der Waals surface area contributed by atoms with E-state index in [1.165, 1.54) is 0 Å². The molecule has 92 valence electrons. The lowest BCUT2D eigenvalue weighted by molar-refractivity contribution is 0.108. The molecule has 1 aliphatic rings. The van der Waals surface area contributed by atoms with Gasteiger partial charge in [0, 0.05) is 23.9 Å². The Morgan fingerprint density at radius 3 is 3.06 bits per heavy atom. The van der Waals surface area contributed by atoms with E-state index < -0.39 is 0 Å². The molecule has 0 atom stereocenters. The fraction of sp³-hybridized carbons (Fsp3) is 0.308. The molecule has 5 heteroatoms. The molecular weight excluding hydrogens is 230 g/mol. The number of hydrogen-bond acceptors (Lipinski definition) is 4. The van der Waals surface area contributed by atoms with Crippen LogP contribution in [0.5, 0.6) is 0 Å². The minimum Gasteiger partial charge on any atom is -0.376 e. The van der Waals surface area contributed by atoms with Crippen molar-refractivity contribution in [3.05, 3.63) is 45.6 Å². The van der Waals surface area contributed by atoms with Crippen molar-refractivity contribution in [2.45, 2.75) is 20.0 Å². The number of H-pyrrole nitrogens is 1. The smallest absolute Gasteiger partial charge is 0.256 e. The van der Waals surface area contributed by atoms with Crippen molar-refractivity contribution in [2.75, 3.05) is 6.61 Å². The van der Waals surface area contributed by atoms with Gasteiger partial charge in [0.2, 0.25) is 0 Å². The molecule has 2 aromatic rings. The van der Waals surface area contributed by atoms with Crippen LogP contribution in [-0.4, -0.2) is 21.6 Å². The van der Waals surface area contributed by atoms with Crippen LogP contribution in [0.3, 0.4) is 0 Å². The predicted molar refractivity (Wildman–Crippen MR) is 66.2 cm³/mol. The van der Waals surface area contributed by atoms with E-state index in [9.17, 15) is 4.79 Å². The highest BCUT2D eigenvalue weighted by molar-refractivity contribution is 5.53. The normalized spacial score (nSPS) is 14.3. The number of aromatic amines is 1. The van der Waals surface area contributed by atoms with Gasteiger partial charge in [-0.2, -0.15) is 0 Å². The zero-order chi connectivity index (χ0) is 12.5. The maximum Gasteiger partial charge on any atom is 0.256 e.